The van der Waals surface area contributed by atoms with Crippen LogP contribution >= 0.6 is 46.6 Å². The lowest BCUT2D eigenvalue weighted by molar-refractivity contribution is -0.122. The molecule has 0 unspecified atom stereocenters. The number of benzene rings is 1. The number of carbonyl (C=O) groups excluding carboxylic acids is 1. The molecule has 1 aromatic rings. The zero-order valence-electron chi connectivity index (χ0n) is 11.9. The Bertz CT molecular complexity index is 668. The predicted octanol–water partition coefficient (Wildman–Crippen LogP) is 4.76. The summed E-state index contributed by atoms with van der Waals surface area (Å²) in [6.07, 6.45) is 3.49. The Kier molecular flexibility index (Phi) is 6.22. The lowest BCUT2D eigenvalue weighted by Gasteiger charge is -2.14. The third-order valence-electron chi connectivity index (χ3n) is 2.84. The quantitative estimate of drug-likeness (QED) is 0.284. The second kappa shape index (κ2) is 7.94. The van der Waals surface area contributed by atoms with Gasteiger partial charge in [-0.1, -0.05) is 54.3 Å². The van der Waals surface area contributed by atoms with Gasteiger partial charge in [0, 0.05) is 6.08 Å². The lowest BCUT2D eigenvalue weighted by Crippen LogP contribution is -2.27. The molecular formula is C16H14INO2S2. The molecule has 1 amide bonds. The van der Waals surface area contributed by atoms with Gasteiger partial charge in [-0.3, -0.25) is 9.69 Å². The van der Waals surface area contributed by atoms with Crippen molar-refractivity contribution in [1.29, 1.82) is 0 Å². The van der Waals surface area contributed by atoms with Crippen molar-refractivity contribution in [2.75, 3.05) is 0 Å². The number of rotatable bonds is 5. The topological polar surface area (TPSA) is 29.5 Å². The molecule has 3 nitrogen and oxygen atoms in total. The highest BCUT2D eigenvalue weighted by Gasteiger charge is 2.32. The van der Waals surface area contributed by atoms with E-state index in [1.165, 1.54) is 11.8 Å². The average Bonchev–Trinajstić information content (AvgIpc) is 2.75. The van der Waals surface area contributed by atoms with Crippen molar-refractivity contribution in [1.82, 2.24) is 4.90 Å². The fraction of sp³-hybridized carbons (Fsp3) is 0.125. The summed E-state index contributed by atoms with van der Waals surface area (Å²) in [7, 11) is 0. The SMILES string of the molecule is C=C(I)OC(=C\C)/C=C1\SC(=S)N(Cc2ccccc2)C1=O. The van der Waals surface area contributed by atoms with E-state index in [1.54, 1.807) is 17.1 Å². The number of carbonyl (C=O) groups is 1. The molecule has 0 aromatic heterocycles. The molecule has 22 heavy (non-hydrogen) atoms. The van der Waals surface area contributed by atoms with Crippen LogP contribution in [-0.2, 0) is 16.1 Å². The van der Waals surface area contributed by atoms with Gasteiger partial charge in [-0.15, -0.1) is 0 Å². The van der Waals surface area contributed by atoms with E-state index in [0.717, 1.165) is 5.56 Å². The van der Waals surface area contributed by atoms with Gasteiger partial charge in [0.2, 0.25) is 0 Å². The molecule has 1 saturated heterocycles. The van der Waals surface area contributed by atoms with Crippen LogP contribution in [0.4, 0.5) is 0 Å². The van der Waals surface area contributed by atoms with Gasteiger partial charge in [-0.2, -0.15) is 0 Å². The molecule has 1 heterocycles. The maximum Gasteiger partial charge on any atom is 0.266 e. The van der Waals surface area contributed by atoms with Crippen LogP contribution in [0.15, 0.2) is 63.5 Å². The van der Waals surface area contributed by atoms with Crippen LogP contribution in [0.2, 0.25) is 0 Å². The zero-order chi connectivity index (χ0) is 16.1. The number of hydrogen-bond donors (Lipinski definition) is 0. The molecule has 0 saturated carbocycles. The molecule has 0 radical (unpaired) electrons. The summed E-state index contributed by atoms with van der Waals surface area (Å²) >= 11 is 8.59. The molecule has 6 heteroatoms. The van der Waals surface area contributed by atoms with Crippen molar-refractivity contribution in [2.24, 2.45) is 0 Å². The van der Waals surface area contributed by atoms with Crippen LogP contribution in [-0.4, -0.2) is 15.1 Å². The van der Waals surface area contributed by atoms with Crippen LogP contribution < -0.4 is 0 Å². The molecule has 0 atom stereocenters. The highest BCUT2D eigenvalue weighted by molar-refractivity contribution is 14.1. The third-order valence-corrected chi connectivity index (χ3v) is 4.44. The monoisotopic (exact) mass is 443 g/mol. The van der Waals surface area contributed by atoms with E-state index < -0.39 is 0 Å². The van der Waals surface area contributed by atoms with Gasteiger partial charge < -0.3 is 4.74 Å². The Morgan fingerprint density at radius 3 is 2.73 bits per heavy atom. The first-order valence-electron chi connectivity index (χ1n) is 6.49. The zero-order valence-corrected chi connectivity index (χ0v) is 15.7. The van der Waals surface area contributed by atoms with Gasteiger partial charge in [0.15, 0.2) is 3.77 Å². The standard InChI is InChI=1S/C16H14INO2S2/c1-3-13(20-11(2)17)9-14-15(19)18(16(21)22-14)10-12-7-5-4-6-8-12/h3-9H,2,10H2,1H3/b13-3-,14-9-. The summed E-state index contributed by atoms with van der Waals surface area (Å²) in [5, 5.41) is 0. The van der Waals surface area contributed by atoms with E-state index in [-0.39, 0.29) is 5.91 Å². The summed E-state index contributed by atoms with van der Waals surface area (Å²) in [4.78, 5) is 14.7. The molecule has 1 aliphatic heterocycles. The highest BCUT2D eigenvalue weighted by Crippen LogP contribution is 2.33. The van der Waals surface area contributed by atoms with Crippen LogP contribution in [0.5, 0.6) is 0 Å². The number of amides is 1. The second-order valence-electron chi connectivity index (χ2n) is 4.40. The maximum atomic E-state index is 12.5. The number of ether oxygens (including phenoxy) is 1. The largest absolute Gasteiger partial charge is 0.452 e. The Morgan fingerprint density at radius 1 is 1.45 bits per heavy atom. The van der Waals surface area contributed by atoms with Gasteiger partial charge in [0.05, 0.1) is 11.4 Å². The van der Waals surface area contributed by atoms with Crippen LogP contribution in [0, 0.1) is 0 Å². The third kappa shape index (κ3) is 4.44. The molecule has 0 aliphatic carbocycles. The first-order valence-corrected chi connectivity index (χ1v) is 8.79. The fourth-order valence-corrected chi connectivity index (χ4v) is 3.32. The van der Waals surface area contributed by atoms with Gasteiger partial charge in [0.25, 0.3) is 5.91 Å². The lowest BCUT2D eigenvalue weighted by atomic mass is 10.2. The van der Waals surface area contributed by atoms with Crippen molar-refractivity contribution in [3.05, 3.63) is 69.1 Å². The molecule has 1 aromatic carbocycles. The minimum absolute atomic E-state index is 0.0964. The van der Waals surface area contributed by atoms with Gasteiger partial charge in [-0.05, 0) is 47.7 Å². The van der Waals surface area contributed by atoms with Crippen molar-refractivity contribution in [3.8, 4) is 0 Å². The first-order chi connectivity index (χ1) is 10.5. The molecule has 0 bridgehead atoms. The summed E-state index contributed by atoms with van der Waals surface area (Å²) < 4.78 is 6.55. The highest BCUT2D eigenvalue weighted by atomic mass is 127. The molecule has 1 fully saturated rings. The number of thiocarbonyl (C=S) groups is 1. The van der Waals surface area contributed by atoms with Gasteiger partial charge in [0.1, 0.15) is 10.1 Å². The number of allylic oxidation sites excluding steroid dienone is 2. The van der Waals surface area contributed by atoms with Crippen molar-refractivity contribution < 1.29 is 9.53 Å². The van der Waals surface area contributed by atoms with Gasteiger partial charge in [-0.25, -0.2) is 0 Å². The molecule has 114 valence electrons. The minimum atomic E-state index is -0.0964. The number of halogens is 1. The Hall–Kier alpha value is -1.12. The summed E-state index contributed by atoms with van der Waals surface area (Å²) in [5.74, 6) is 0.487. The predicted molar refractivity (Wildman–Crippen MR) is 103 cm³/mol. The van der Waals surface area contributed by atoms with Crippen LogP contribution in [0.3, 0.4) is 0 Å². The number of hydrogen-bond acceptors (Lipinski definition) is 4. The first kappa shape index (κ1) is 17.2. The van der Waals surface area contributed by atoms with Crippen molar-refractivity contribution in [3.63, 3.8) is 0 Å². The van der Waals surface area contributed by atoms with E-state index in [0.29, 0.717) is 25.3 Å². The molecule has 1 aliphatic rings. The van der Waals surface area contributed by atoms with E-state index in [2.05, 4.69) is 6.58 Å². The van der Waals surface area contributed by atoms with E-state index in [1.807, 2.05) is 59.8 Å². The molecule has 0 N–H and O–H groups in total. The Labute approximate surface area is 153 Å². The molecular weight excluding hydrogens is 429 g/mol. The minimum Gasteiger partial charge on any atom is -0.452 e. The Balaban J connectivity index is 2.16. The van der Waals surface area contributed by atoms with Crippen molar-refractivity contribution >= 4 is 56.8 Å². The fourth-order valence-electron chi connectivity index (χ4n) is 1.83. The van der Waals surface area contributed by atoms with Crippen molar-refractivity contribution in [2.45, 2.75) is 13.5 Å². The average molecular weight is 443 g/mol. The second-order valence-corrected chi connectivity index (χ2v) is 7.28. The van der Waals surface area contributed by atoms with Crippen LogP contribution in [0.25, 0.3) is 0 Å². The van der Waals surface area contributed by atoms with E-state index >= 15 is 0 Å². The van der Waals surface area contributed by atoms with Crippen LogP contribution in [0.1, 0.15) is 12.5 Å². The number of thioether (sulfide) groups is 1. The summed E-state index contributed by atoms with van der Waals surface area (Å²) in [6.45, 7) is 6.01. The Morgan fingerprint density at radius 2 is 2.14 bits per heavy atom. The molecule has 0 spiro atoms. The number of nitrogens with zero attached hydrogens (tertiary/aromatic N) is 1. The normalized spacial score (nSPS) is 17.3. The smallest absolute Gasteiger partial charge is 0.266 e. The van der Waals surface area contributed by atoms with E-state index in [4.69, 9.17) is 17.0 Å². The maximum absolute atomic E-state index is 12.5. The summed E-state index contributed by atoms with van der Waals surface area (Å²) in [6, 6.07) is 9.78. The van der Waals surface area contributed by atoms with Gasteiger partial charge >= 0.3 is 0 Å². The molecule has 2 rings (SSSR count). The summed E-state index contributed by atoms with van der Waals surface area (Å²) in [5.41, 5.74) is 1.04. The van der Waals surface area contributed by atoms with E-state index in [9.17, 15) is 4.79 Å².